The Hall–Kier alpha value is -3.72. The number of ether oxygens (including phenoxy) is 1. The molecule has 9 heteroatoms. The van der Waals surface area contributed by atoms with Crippen LogP contribution in [0, 0.1) is 0 Å². The van der Waals surface area contributed by atoms with Crippen molar-refractivity contribution in [3.05, 3.63) is 71.3 Å². The fourth-order valence-electron chi connectivity index (χ4n) is 2.35. The zero-order valence-corrected chi connectivity index (χ0v) is 16.5. The average Bonchev–Trinajstić information content (AvgIpc) is 2.75. The van der Waals surface area contributed by atoms with Gasteiger partial charge in [0.05, 0.1) is 12.5 Å². The van der Waals surface area contributed by atoms with Crippen molar-refractivity contribution in [2.45, 2.75) is 32.5 Å². The minimum Gasteiger partial charge on any atom is -0.461 e. The number of esters is 1. The zero-order valence-electron chi connectivity index (χ0n) is 16.5. The van der Waals surface area contributed by atoms with Crippen LogP contribution in [0.3, 0.4) is 0 Å². The molecule has 0 spiro atoms. The van der Waals surface area contributed by atoms with E-state index in [0.717, 1.165) is 11.1 Å². The van der Waals surface area contributed by atoms with Crippen molar-refractivity contribution in [2.75, 3.05) is 0 Å². The summed E-state index contributed by atoms with van der Waals surface area (Å²) in [4.78, 5) is 39.2. The van der Waals surface area contributed by atoms with Crippen molar-refractivity contribution >= 4 is 23.7 Å². The van der Waals surface area contributed by atoms with E-state index in [-0.39, 0.29) is 25.4 Å². The van der Waals surface area contributed by atoms with Gasteiger partial charge in [0.2, 0.25) is 5.91 Å². The number of amidine groups is 1. The highest BCUT2D eigenvalue weighted by Crippen LogP contribution is 2.06. The molecule has 0 aliphatic carbocycles. The lowest BCUT2D eigenvalue weighted by molar-refractivity contribution is -0.146. The second-order valence-corrected chi connectivity index (χ2v) is 6.43. The van der Waals surface area contributed by atoms with Crippen LogP contribution in [0.5, 0.6) is 0 Å². The topological polar surface area (TPSA) is 146 Å². The van der Waals surface area contributed by atoms with Gasteiger partial charge in [-0.2, -0.15) is 0 Å². The number of hydrogen-bond acceptors (Lipinski definition) is 7. The molecule has 2 aromatic rings. The molecule has 0 fully saturated rings. The second-order valence-electron chi connectivity index (χ2n) is 6.43. The molecular formula is C21H24N4O5. The largest absolute Gasteiger partial charge is 0.461 e. The first kappa shape index (κ1) is 22.6. The molecule has 0 saturated carbocycles. The molecule has 0 aromatic heterocycles. The fourth-order valence-corrected chi connectivity index (χ4v) is 2.35. The van der Waals surface area contributed by atoms with Crippen LogP contribution in [0.2, 0.25) is 0 Å². The highest BCUT2D eigenvalue weighted by Gasteiger charge is 2.18. The molecule has 0 aliphatic rings. The monoisotopic (exact) mass is 412 g/mol. The van der Waals surface area contributed by atoms with Crippen LogP contribution in [0.15, 0.2) is 59.8 Å². The molecule has 5 N–H and O–H groups in total. The SMILES string of the molecule is CC(=O)O/N=C(\N)c1ccc(CNC(=O)C(N)CC(=O)OCc2ccccc2)cc1. The normalized spacial score (nSPS) is 12.0. The van der Waals surface area contributed by atoms with Gasteiger partial charge in [-0.05, 0) is 11.1 Å². The van der Waals surface area contributed by atoms with Gasteiger partial charge in [-0.3, -0.25) is 9.59 Å². The number of carbonyl (C=O) groups is 3. The summed E-state index contributed by atoms with van der Waals surface area (Å²) in [7, 11) is 0. The fraction of sp³-hybridized carbons (Fsp3) is 0.238. The highest BCUT2D eigenvalue weighted by molar-refractivity contribution is 5.97. The van der Waals surface area contributed by atoms with E-state index in [1.54, 1.807) is 24.3 Å². The maximum atomic E-state index is 12.1. The predicted molar refractivity (Wildman–Crippen MR) is 110 cm³/mol. The van der Waals surface area contributed by atoms with E-state index in [9.17, 15) is 14.4 Å². The van der Waals surface area contributed by atoms with Crippen LogP contribution < -0.4 is 16.8 Å². The molecular weight excluding hydrogens is 388 g/mol. The molecule has 0 bridgehead atoms. The van der Waals surface area contributed by atoms with Crippen molar-refractivity contribution in [1.82, 2.24) is 5.32 Å². The standard InChI is InChI=1S/C21H24N4O5/c1-14(26)30-25-20(23)17-9-7-15(8-10-17)12-24-21(28)18(22)11-19(27)29-13-16-5-3-2-4-6-16/h2-10,18H,11-13,22H2,1H3,(H2,23,25)(H,24,28). The van der Waals surface area contributed by atoms with E-state index in [4.69, 9.17) is 16.2 Å². The van der Waals surface area contributed by atoms with E-state index >= 15 is 0 Å². The average molecular weight is 412 g/mol. The number of oxime groups is 1. The second kappa shape index (κ2) is 11.3. The Balaban J connectivity index is 1.76. The summed E-state index contributed by atoms with van der Waals surface area (Å²) >= 11 is 0. The molecule has 158 valence electrons. The highest BCUT2D eigenvalue weighted by atomic mass is 16.7. The van der Waals surface area contributed by atoms with Crippen molar-refractivity contribution in [3.63, 3.8) is 0 Å². The molecule has 1 atom stereocenters. The summed E-state index contributed by atoms with van der Waals surface area (Å²) in [6.45, 7) is 1.56. The van der Waals surface area contributed by atoms with Gasteiger partial charge >= 0.3 is 11.9 Å². The van der Waals surface area contributed by atoms with Crippen LogP contribution in [-0.4, -0.2) is 29.7 Å². The van der Waals surface area contributed by atoms with Gasteiger partial charge < -0.3 is 26.4 Å². The summed E-state index contributed by atoms with van der Waals surface area (Å²) in [6, 6.07) is 15.0. The first-order chi connectivity index (χ1) is 14.3. The van der Waals surface area contributed by atoms with Gasteiger partial charge in [-0.15, -0.1) is 0 Å². The van der Waals surface area contributed by atoms with Gasteiger partial charge in [0, 0.05) is 19.0 Å². The molecule has 30 heavy (non-hydrogen) atoms. The molecule has 1 unspecified atom stereocenters. The van der Waals surface area contributed by atoms with E-state index in [0.29, 0.717) is 5.56 Å². The summed E-state index contributed by atoms with van der Waals surface area (Å²) in [5, 5.41) is 6.16. The minimum atomic E-state index is -1.01. The third-order valence-corrected chi connectivity index (χ3v) is 3.95. The Kier molecular flexibility index (Phi) is 8.52. The van der Waals surface area contributed by atoms with E-state index in [1.807, 2.05) is 30.3 Å². The number of benzene rings is 2. The van der Waals surface area contributed by atoms with Crippen LogP contribution >= 0.6 is 0 Å². The van der Waals surface area contributed by atoms with Crippen LogP contribution in [0.1, 0.15) is 30.0 Å². The lowest BCUT2D eigenvalue weighted by atomic mass is 10.1. The maximum absolute atomic E-state index is 12.1. The van der Waals surface area contributed by atoms with Gasteiger partial charge in [0.15, 0.2) is 5.84 Å². The molecule has 0 radical (unpaired) electrons. The first-order valence-corrected chi connectivity index (χ1v) is 9.18. The third-order valence-electron chi connectivity index (χ3n) is 3.95. The number of carbonyl (C=O) groups excluding carboxylic acids is 3. The van der Waals surface area contributed by atoms with E-state index in [1.165, 1.54) is 6.92 Å². The molecule has 9 nitrogen and oxygen atoms in total. The summed E-state index contributed by atoms with van der Waals surface area (Å²) in [6.07, 6.45) is -0.221. The minimum absolute atomic E-state index is 0.0526. The Morgan fingerprint density at radius 3 is 2.33 bits per heavy atom. The molecule has 0 heterocycles. The van der Waals surface area contributed by atoms with Gasteiger partial charge in [-0.25, -0.2) is 4.79 Å². The number of nitrogens with one attached hydrogen (secondary N) is 1. The quantitative estimate of drug-likeness (QED) is 0.183. The Morgan fingerprint density at radius 2 is 1.70 bits per heavy atom. The van der Waals surface area contributed by atoms with Crippen molar-refractivity contribution < 1.29 is 24.0 Å². The Morgan fingerprint density at radius 1 is 1.03 bits per heavy atom. The van der Waals surface area contributed by atoms with Gasteiger partial charge in [-0.1, -0.05) is 59.8 Å². The molecule has 2 rings (SSSR count). The van der Waals surface area contributed by atoms with Crippen molar-refractivity contribution in [1.29, 1.82) is 0 Å². The first-order valence-electron chi connectivity index (χ1n) is 9.18. The van der Waals surface area contributed by atoms with Crippen molar-refractivity contribution in [3.8, 4) is 0 Å². The maximum Gasteiger partial charge on any atom is 0.332 e. The van der Waals surface area contributed by atoms with Gasteiger partial charge in [0.25, 0.3) is 0 Å². The summed E-state index contributed by atoms with van der Waals surface area (Å²) in [5.74, 6) is -1.53. The molecule has 0 aliphatic heterocycles. The third kappa shape index (κ3) is 7.72. The van der Waals surface area contributed by atoms with Gasteiger partial charge in [0.1, 0.15) is 6.61 Å². The Bertz CT molecular complexity index is 897. The van der Waals surface area contributed by atoms with Crippen LogP contribution in [0.25, 0.3) is 0 Å². The molecule has 2 aromatic carbocycles. The number of hydrogen-bond donors (Lipinski definition) is 3. The lowest BCUT2D eigenvalue weighted by Gasteiger charge is -2.12. The number of nitrogens with zero attached hydrogens (tertiary/aromatic N) is 1. The van der Waals surface area contributed by atoms with Crippen LogP contribution in [-0.2, 0) is 37.1 Å². The smallest absolute Gasteiger partial charge is 0.332 e. The van der Waals surface area contributed by atoms with E-state index < -0.39 is 23.9 Å². The summed E-state index contributed by atoms with van der Waals surface area (Å²) in [5.41, 5.74) is 13.7. The van der Waals surface area contributed by atoms with E-state index in [2.05, 4.69) is 15.3 Å². The molecule has 1 amide bonds. The number of amides is 1. The predicted octanol–water partition coefficient (Wildman–Crippen LogP) is 0.947. The summed E-state index contributed by atoms with van der Waals surface area (Å²) < 4.78 is 5.13. The Labute approximate surface area is 174 Å². The van der Waals surface area contributed by atoms with Crippen LogP contribution in [0.4, 0.5) is 0 Å². The lowest BCUT2D eigenvalue weighted by Crippen LogP contribution is -2.41. The van der Waals surface area contributed by atoms with Crippen molar-refractivity contribution in [2.24, 2.45) is 16.6 Å². The molecule has 0 saturated heterocycles. The zero-order chi connectivity index (χ0) is 21.9. The number of rotatable bonds is 9. The number of nitrogens with two attached hydrogens (primary N) is 2.